The number of esters is 1. The second-order valence-electron chi connectivity index (χ2n) is 8.45. The molecule has 1 saturated heterocycles. The van der Waals surface area contributed by atoms with Crippen molar-refractivity contribution in [2.75, 3.05) is 6.61 Å². The van der Waals surface area contributed by atoms with Gasteiger partial charge in [0, 0.05) is 0 Å². The van der Waals surface area contributed by atoms with Crippen molar-refractivity contribution in [3.05, 3.63) is 53.5 Å². The molecular formula is C21H29N4O9P. The quantitative estimate of drug-likeness (QED) is 0.302. The van der Waals surface area contributed by atoms with Crippen LogP contribution >= 0.6 is 7.75 Å². The molecule has 1 aromatic heterocycles. The van der Waals surface area contributed by atoms with Crippen molar-refractivity contribution in [2.24, 2.45) is 0 Å². The first kappa shape index (κ1) is 26.9. The van der Waals surface area contributed by atoms with Crippen LogP contribution in [0.3, 0.4) is 0 Å². The first-order valence-corrected chi connectivity index (χ1v) is 12.4. The van der Waals surface area contributed by atoms with E-state index < -0.39 is 56.1 Å². The highest BCUT2D eigenvalue weighted by molar-refractivity contribution is 7.52. The van der Waals surface area contributed by atoms with Crippen LogP contribution in [-0.4, -0.2) is 67.3 Å². The molecule has 14 heteroatoms. The van der Waals surface area contributed by atoms with E-state index in [1.54, 1.807) is 44.2 Å². The van der Waals surface area contributed by atoms with Gasteiger partial charge in [-0.2, -0.15) is 15.1 Å². The van der Waals surface area contributed by atoms with Gasteiger partial charge in [0.05, 0.1) is 12.7 Å². The number of nitrogens with one attached hydrogen (secondary N) is 1. The van der Waals surface area contributed by atoms with E-state index in [-0.39, 0.29) is 11.9 Å². The average molecular weight is 512 g/mol. The van der Waals surface area contributed by atoms with Crippen molar-refractivity contribution >= 4 is 13.7 Å². The molecule has 1 aliphatic heterocycles. The second-order valence-corrected chi connectivity index (χ2v) is 10.1. The lowest BCUT2D eigenvalue weighted by atomic mass is 9.97. The Balaban J connectivity index is 1.76. The van der Waals surface area contributed by atoms with Gasteiger partial charge in [-0.3, -0.25) is 13.9 Å². The predicted octanol–water partition coefficient (Wildman–Crippen LogP) is 0.781. The maximum atomic E-state index is 13.6. The summed E-state index contributed by atoms with van der Waals surface area (Å²) in [5, 5.41) is 24.0. The van der Waals surface area contributed by atoms with Crippen LogP contribution in [0.25, 0.3) is 0 Å². The monoisotopic (exact) mass is 512 g/mol. The van der Waals surface area contributed by atoms with Crippen molar-refractivity contribution in [1.82, 2.24) is 19.6 Å². The number of carbonyl (C=O) groups is 1. The predicted molar refractivity (Wildman–Crippen MR) is 121 cm³/mol. The number of rotatable bonds is 10. The molecule has 0 saturated carbocycles. The molecule has 0 aliphatic carbocycles. The summed E-state index contributed by atoms with van der Waals surface area (Å²) in [6.45, 7) is 5.62. The maximum absolute atomic E-state index is 13.6. The summed E-state index contributed by atoms with van der Waals surface area (Å²) >= 11 is 0. The van der Waals surface area contributed by atoms with Crippen molar-refractivity contribution in [1.29, 1.82) is 0 Å². The molecule has 3 rings (SSSR count). The molecule has 35 heavy (non-hydrogen) atoms. The van der Waals surface area contributed by atoms with Crippen LogP contribution in [0.4, 0.5) is 0 Å². The molecular weight excluding hydrogens is 483 g/mol. The molecule has 3 N–H and O–H groups in total. The fraction of sp³-hybridized carbons (Fsp3) is 0.524. The van der Waals surface area contributed by atoms with Crippen LogP contribution in [0.1, 0.15) is 33.9 Å². The van der Waals surface area contributed by atoms with Crippen LogP contribution in [0, 0.1) is 0 Å². The number of hydrogen-bond acceptors (Lipinski definition) is 11. The van der Waals surface area contributed by atoms with E-state index in [1.165, 1.54) is 18.4 Å². The molecule has 1 aromatic carbocycles. The fourth-order valence-corrected chi connectivity index (χ4v) is 4.83. The number of carbonyl (C=O) groups excluding carboxylic acids is 1. The summed E-state index contributed by atoms with van der Waals surface area (Å²) < 4.78 is 36.7. The van der Waals surface area contributed by atoms with E-state index in [1.807, 2.05) is 0 Å². The lowest BCUT2D eigenvalue weighted by Crippen LogP contribution is -2.44. The third kappa shape index (κ3) is 6.72. The zero-order valence-corrected chi connectivity index (χ0v) is 20.6. The van der Waals surface area contributed by atoms with Crippen LogP contribution in [0.5, 0.6) is 5.75 Å². The maximum Gasteiger partial charge on any atom is 0.459 e. The molecule has 0 unspecified atom stereocenters. The smallest absolute Gasteiger partial charge is 0.459 e. The second kappa shape index (κ2) is 10.9. The number of aliphatic hydroxyl groups excluding tert-OH is 1. The van der Waals surface area contributed by atoms with Gasteiger partial charge in [-0.25, -0.2) is 9.36 Å². The Bertz CT molecular complexity index is 1090. The van der Waals surface area contributed by atoms with Gasteiger partial charge in [-0.05, 0) is 39.8 Å². The Morgan fingerprint density at radius 2 is 1.89 bits per heavy atom. The molecule has 0 bridgehead atoms. The van der Waals surface area contributed by atoms with Gasteiger partial charge < -0.3 is 24.2 Å². The van der Waals surface area contributed by atoms with Crippen molar-refractivity contribution < 1.29 is 38.1 Å². The van der Waals surface area contributed by atoms with Gasteiger partial charge in [-0.1, -0.05) is 18.2 Å². The standard InChI is InChI=1S/C21H29N4O9P/c1-13(2)32-18(27)14(3)24-35(30,34-15-8-6-5-7-9-15)31-10-16-17(26)21(4,29)19(33-16)25-11-22-20(28)23-12-25/h5-9,11-14,16-17,19,26,29H,10H2,1-4H3,(H,24,30)/t14-,16+,17+,19+,21+,35-/m0/s1. The van der Waals surface area contributed by atoms with Crippen molar-refractivity contribution in [3.63, 3.8) is 0 Å². The largest absolute Gasteiger partial charge is 0.462 e. The summed E-state index contributed by atoms with van der Waals surface area (Å²) in [5.41, 5.74) is -2.56. The topological polar surface area (TPSA) is 171 Å². The zero-order valence-electron chi connectivity index (χ0n) is 19.7. The SMILES string of the molecule is CC(C)OC(=O)[C@H](C)N[P@](=O)(OC[C@H]1O[C@@H](n2cnc(=O)nc2)[C@](C)(O)[C@@H]1O)Oc1ccccc1. The zero-order chi connectivity index (χ0) is 25.8. The molecule has 1 aliphatic rings. The fourth-order valence-electron chi connectivity index (χ4n) is 3.32. The number of ether oxygens (including phenoxy) is 2. The van der Waals surface area contributed by atoms with Gasteiger partial charge >= 0.3 is 19.4 Å². The molecule has 2 heterocycles. The first-order valence-electron chi connectivity index (χ1n) is 10.8. The van der Waals surface area contributed by atoms with Crippen LogP contribution in [0.15, 0.2) is 47.8 Å². The first-order chi connectivity index (χ1) is 16.4. The van der Waals surface area contributed by atoms with Gasteiger partial charge in [0.2, 0.25) is 0 Å². The van der Waals surface area contributed by atoms with Crippen LogP contribution < -0.4 is 15.3 Å². The van der Waals surface area contributed by atoms with Crippen molar-refractivity contribution in [3.8, 4) is 5.75 Å². The number of hydrogen-bond donors (Lipinski definition) is 3. The third-order valence-corrected chi connectivity index (χ3v) is 6.71. The highest BCUT2D eigenvalue weighted by atomic mass is 31.2. The van der Waals surface area contributed by atoms with Gasteiger partial charge in [0.25, 0.3) is 0 Å². The molecule has 0 radical (unpaired) electrons. The molecule has 2 aromatic rings. The minimum Gasteiger partial charge on any atom is -0.462 e. The Kier molecular flexibility index (Phi) is 8.42. The highest BCUT2D eigenvalue weighted by Gasteiger charge is 2.53. The Hall–Kier alpha value is -2.67. The van der Waals surface area contributed by atoms with Gasteiger partial charge in [0.1, 0.15) is 42.3 Å². The van der Waals surface area contributed by atoms with E-state index in [9.17, 15) is 24.4 Å². The molecule has 1 fully saturated rings. The lowest BCUT2D eigenvalue weighted by Gasteiger charge is -2.27. The Morgan fingerprint density at radius 1 is 1.26 bits per heavy atom. The average Bonchev–Trinajstić information content (AvgIpc) is 3.02. The molecule has 13 nitrogen and oxygen atoms in total. The highest BCUT2D eigenvalue weighted by Crippen LogP contribution is 2.46. The summed E-state index contributed by atoms with van der Waals surface area (Å²) in [4.78, 5) is 30.5. The lowest BCUT2D eigenvalue weighted by molar-refractivity contribution is -0.149. The van der Waals surface area contributed by atoms with Crippen LogP contribution in [-0.2, 0) is 23.4 Å². The molecule has 6 atom stereocenters. The number of benzene rings is 1. The van der Waals surface area contributed by atoms with Crippen molar-refractivity contribution in [2.45, 2.75) is 63.9 Å². The normalized spacial score (nSPS) is 26.8. The van der Waals surface area contributed by atoms with Gasteiger partial charge in [-0.15, -0.1) is 0 Å². The van der Waals surface area contributed by atoms with Crippen LogP contribution in [0.2, 0.25) is 0 Å². The minimum atomic E-state index is -4.21. The van der Waals surface area contributed by atoms with E-state index in [0.29, 0.717) is 0 Å². The molecule has 0 spiro atoms. The third-order valence-electron chi connectivity index (χ3n) is 5.06. The van der Waals surface area contributed by atoms with E-state index in [4.69, 9.17) is 18.5 Å². The Labute approximate surface area is 201 Å². The number of nitrogens with zero attached hydrogens (tertiary/aromatic N) is 3. The molecule has 192 valence electrons. The molecule has 0 amide bonds. The summed E-state index contributed by atoms with van der Waals surface area (Å²) in [7, 11) is -4.21. The Morgan fingerprint density at radius 3 is 2.49 bits per heavy atom. The summed E-state index contributed by atoms with van der Waals surface area (Å²) in [6.07, 6.45) is -1.99. The summed E-state index contributed by atoms with van der Waals surface area (Å²) in [5.74, 6) is -0.463. The summed E-state index contributed by atoms with van der Waals surface area (Å²) in [6, 6.07) is 7.10. The number of aromatic nitrogens is 3. The minimum absolute atomic E-state index is 0.205. The number of para-hydroxylation sites is 1. The van der Waals surface area contributed by atoms with E-state index in [2.05, 4.69) is 15.1 Å². The number of aliphatic hydroxyl groups is 2. The van der Waals surface area contributed by atoms with E-state index >= 15 is 0 Å². The van der Waals surface area contributed by atoms with E-state index in [0.717, 1.165) is 12.7 Å². The van der Waals surface area contributed by atoms with Gasteiger partial charge in [0.15, 0.2) is 6.23 Å².